The molecule has 0 aliphatic heterocycles. The van der Waals surface area contributed by atoms with Crippen molar-refractivity contribution in [3.05, 3.63) is 41.8 Å². The van der Waals surface area contributed by atoms with Gasteiger partial charge in [0.25, 0.3) is 0 Å². The molecule has 0 saturated heterocycles. The summed E-state index contributed by atoms with van der Waals surface area (Å²) in [5.41, 5.74) is 0.999. The number of carbonyl (C=O) groups is 1. The van der Waals surface area contributed by atoms with Crippen LogP contribution in [0.15, 0.2) is 29.0 Å². The lowest BCUT2D eigenvalue weighted by Crippen LogP contribution is -2.17. The summed E-state index contributed by atoms with van der Waals surface area (Å²) in [7, 11) is 0. The average Bonchev–Trinajstić information content (AvgIpc) is 3.06. The van der Waals surface area contributed by atoms with Crippen molar-refractivity contribution in [2.24, 2.45) is 11.8 Å². The summed E-state index contributed by atoms with van der Waals surface area (Å²) in [6.07, 6.45) is 5.46. The molecule has 1 aliphatic rings. The van der Waals surface area contributed by atoms with E-state index in [1.165, 1.54) is 0 Å². The maximum absolute atomic E-state index is 11.3. The molecule has 2 aromatic rings. The van der Waals surface area contributed by atoms with Crippen molar-refractivity contribution < 1.29 is 14.4 Å². The predicted molar refractivity (Wildman–Crippen MR) is 73.6 cm³/mol. The molecule has 3 rings (SSSR count). The SMILES string of the molecule is CC1CC(C(=O)O)C(c2nc(Cc3cccnc3)no2)C1. The van der Waals surface area contributed by atoms with Crippen molar-refractivity contribution in [3.63, 3.8) is 0 Å². The summed E-state index contributed by atoms with van der Waals surface area (Å²) in [4.78, 5) is 19.8. The zero-order chi connectivity index (χ0) is 14.8. The highest BCUT2D eigenvalue weighted by Crippen LogP contribution is 2.42. The van der Waals surface area contributed by atoms with Crippen LogP contribution >= 0.6 is 0 Å². The third kappa shape index (κ3) is 2.94. The quantitative estimate of drug-likeness (QED) is 0.927. The molecule has 0 bridgehead atoms. The number of pyridine rings is 1. The Morgan fingerprint density at radius 1 is 1.48 bits per heavy atom. The molecule has 2 aromatic heterocycles. The van der Waals surface area contributed by atoms with Gasteiger partial charge in [0.05, 0.1) is 11.8 Å². The van der Waals surface area contributed by atoms with E-state index in [0.29, 0.717) is 30.5 Å². The summed E-state index contributed by atoms with van der Waals surface area (Å²) in [5.74, 6) is 0.00723. The minimum Gasteiger partial charge on any atom is -0.481 e. The van der Waals surface area contributed by atoms with E-state index in [1.54, 1.807) is 12.4 Å². The molecule has 21 heavy (non-hydrogen) atoms. The minimum absolute atomic E-state index is 0.173. The Morgan fingerprint density at radius 2 is 2.33 bits per heavy atom. The number of hydrogen-bond donors (Lipinski definition) is 1. The summed E-state index contributed by atoms with van der Waals surface area (Å²) in [5, 5.41) is 13.3. The molecule has 3 atom stereocenters. The van der Waals surface area contributed by atoms with Gasteiger partial charge in [-0.25, -0.2) is 0 Å². The van der Waals surface area contributed by atoms with Gasteiger partial charge in [-0.1, -0.05) is 18.1 Å². The zero-order valence-corrected chi connectivity index (χ0v) is 11.8. The fourth-order valence-electron chi connectivity index (χ4n) is 3.01. The van der Waals surface area contributed by atoms with Crippen LogP contribution in [0.25, 0.3) is 0 Å². The molecule has 2 heterocycles. The van der Waals surface area contributed by atoms with Crippen LogP contribution in [-0.2, 0) is 11.2 Å². The zero-order valence-electron chi connectivity index (χ0n) is 11.8. The third-order valence-electron chi connectivity index (χ3n) is 4.00. The summed E-state index contributed by atoms with van der Waals surface area (Å²) < 4.78 is 5.30. The van der Waals surface area contributed by atoms with Gasteiger partial charge in [0, 0.05) is 18.8 Å². The summed E-state index contributed by atoms with van der Waals surface area (Å²) >= 11 is 0. The second kappa shape index (κ2) is 5.63. The van der Waals surface area contributed by atoms with Gasteiger partial charge >= 0.3 is 5.97 Å². The van der Waals surface area contributed by atoms with E-state index in [0.717, 1.165) is 12.0 Å². The smallest absolute Gasteiger partial charge is 0.307 e. The van der Waals surface area contributed by atoms with Crippen LogP contribution in [0, 0.1) is 11.8 Å². The number of carboxylic acids is 1. The van der Waals surface area contributed by atoms with Gasteiger partial charge in [0.15, 0.2) is 5.82 Å². The van der Waals surface area contributed by atoms with Gasteiger partial charge in [0.2, 0.25) is 5.89 Å². The molecule has 0 radical (unpaired) electrons. The molecule has 1 fully saturated rings. The number of carboxylic acid groups (broad SMARTS) is 1. The van der Waals surface area contributed by atoms with Crippen LogP contribution in [0.3, 0.4) is 0 Å². The molecular formula is C15H17N3O3. The van der Waals surface area contributed by atoms with Gasteiger partial charge < -0.3 is 9.63 Å². The van der Waals surface area contributed by atoms with Gasteiger partial charge in [-0.2, -0.15) is 4.98 Å². The lowest BCUT2D eigenvalue weighted by molar-refractivity contribution is -0.142. The Kier molecular flexibility index (Phi) is 3.68. The van der Waals surface area contributed by atoms with Crippen molar-refractivity contribution >= 4 is 5.97 Å². The first kappa shape index (κ1) is 13.7. The fraction of sp³-hybridized carbons (Fsp3) is 0.467. The van der Waals surface area contributed by atoms with E-state index in [9.17, 15) is 9.90 Å². The van der Waals surface area contributed by atoms with Gasteiger partial charge in [-0.15, -0.1) is 0 Å². The Balaban J connectivity index is 1.77. The van der Waals surface area contributed by atoms with Gasteiger partial charge in [-0.05, 0) is 30.4 Å². The van der Waals surface area contributed by atoms with Crippen LogP contribution in [0.5, 0.6) is 0 Å². The van der Waals surface area contributed by atoms with Crippen molar-refractivity contribution in [2.45, 2.75) is 32.1 Å². The van der Waals surface area contributed by atoms with Crippen molar-refractivity contribution in [3.8, 4) is 0 Å². The van der Waals surface area contributed by atoms with Crippen molar-refractivity contribution in [2.75, 3.05) is 0 Å². The first-order chi connectivity index (χ1) is 10.1. The molecule has 0 amide bonds. The van der Waals surface area contributed by atoms with E-state index in [4.69, 9.17) is 4.52 Å². The van der Waals surface area contributed by atoms with E-state index in [-0.39, 0.29) is 5.92 Å². The first-order valence-corrected chi connectivity index (χ1v) is 7.07. The third-order valence-corrected chi connectivity index (χ3v) is 4.00. The van der Waals surface area contributed by atoms with Crippen molar-refractivity contribution in [1.29, 1.82) is 0 Å². The van der Waals surface area contributed by atoms with Crippen LogP contribution in [0.4, 0.5) is 0 Å². The maximum atomic E-state index is 11.3. The lowest BCUT2D eigenvalue weighted by atomic mass is 9.96. The molecule has 6 heteroatoms. The molecule has 0 aromatic carbocycles. The topological polar surface area (TPSA) is 89.1 Å². The largest absolute Gasteiger partial charge is 0.481 e. The molecule has 1 aliphatic carbocycles. The second-order valence-electron chi connectivity index (χ2n) is 5.71. The highest BCUT2D eigenvalue weighted by molar-refractivity contribution is 5.71. The summed E-state index contributed by atoms with van der Waals surface area (Å²) in [6, 6.07) is 3.80. The standard InChI is InChI=1S/C15H17N3O3/c1-9-5-11(12(6-9)15(19)20)14-17-13(18-21-14)7-10-3-2-4-16-8-10/h2-4,8-9,11-12H,5-7H2,1H3,(H,19,20). The van der Waals surface area contributed by atoms with Crippen LogP contribution in [-0.4, -0.2) is 26.2 Å². The first-order valence-electron chi connectivity index (χ1n) is 7.07. The van der Waals surface area contributed by atoms with E-state index in [2.05, 4.69) is 22.0 Å². The number of aromatic nitrogens is 3. The fourth-order valence-corrected chi connectivity index (χ4v) is 3.01. The number of rotatable bonds is 4. The molecule has 3 unspecified atom stereocenters. The van der Waals surface area contributed by atoms with Crippen LogP contribution in [0.2, 0.25) is 0 Å². The monoisotopic (exact) mass is 287 g/mol. The molecular weight excluding hydrogens is 270 g/mol. The minimum atomic E-state index is -0.781. The Bertz CT molecular complexity index is 626. The van der Waals surface area contributed by atoms with E-state index >= 15 is 0 Å². The number of nitrogens with zero attached hydrogens (tertiary/aromatic N) is 3. The maximum Gasteiger partial charge on any atom is 0.307 e. The van der Waals surface area contributed by atoms with Gasteiger partial charge in [0.1, 0.15) is 0 Å². The van der Waals surface area contributed by atoms with Crippen LogP contribution < -0.4 is 0 Å². The highest BCUT2D eigenvalue weighted by Gasteiger charge is 2.41. The predicted octanol–water partition coefficient (Wildman–Crippen LogP) is 2.27. The average molecular weight is 287 g/mol. The Hall–Kier alpha value is -2.24. The highest BCUT2D eigenvalue weighted by atomic mass is 16.5. The normalized spacial score (nSPS) is 25.1. The molecule has 110 valence electrons. The Morgan fingerprint density at radius 3 is 3.05 bits per heavy atom. The molecule has 6 nitrogen and oxygen atoms in total. The summed E-state index contributed by atoms with van der Waals surface area (Å²) in [6.45, 7) is 2.06. The molecule has 1 N–H and O–H groups in total. The Labute approximate surface area is 122 Å². The molecule has 1 saturated carbocycles. The number of aliphatic carboxylic acids is 1. The van der Waals surface area contributed by atoms with E-state index in [1.807, 2.05) is 12.1 Å². The second-order valence-corrected chi connectivity index (χ2v) is 5.71. The molecule has 0 spiro atoms. The van der Waals surface area contributed by atoms with Gasteiger partial charge in [-0.3, -0.25) is 9.78 Å². The lowest BCUT2D eigenvalue weighted by Gasteiger charge is -2.09. The van der Waals surface area contributed by atoms with E-state index < -0.39 is 11.9 Å². The van der Waals surface area contributed by atoms with Crippen molar-refractivity contribution in [1.82, 2.24) is 15.1 Å². The van der Waals surface area contributed by atoms with Crippen LogP contribution in [0.1, 0.15) is 43.0 Å². The number of hydrogen-bond acceptors (Lipinski definition) is 5.